The molecule has 0 aliphatic carbocycles. The summed E-state index contributed by atoms with van der Waals surface area (Å²) >= 11 is 0. The molecule has 1 amide bonds. The van der Waals surface area contributed by atoms with E-state index >= 15 is 0 Å². The summed E-state index contributed by atoms with van der Waals surface area (Å²) in [5.41, 5.74) is 1.17. The highest BCUT2D eigenvalue weighted by Gasteiger charge is 2.06. The second-order valence-corrected chi connectivity index (χ2v) is 4.00. The highest BCUT2D eigenvalue weighted by molar-refractivity contribution is 5.90. The lowest BCUT2D eigenvalue weighted by molar-refractivity contribution is -0.116. The Morgan fingerprint density at radius 2 is 2.32 bits per heavy atom. The van der Waals surface area contributed by atoms with Gasteiger partial charge in [-0.05, 0) is 25.2 Å². The number of carbonyl (C=O) groups is 1. The quantitative estimate of drug-likeness (QED) is 0.836. The zero-order valence-electron chi connectivity index (χ0n) is 10.4. The molecule has 19 heavy (non-hydrogen) atoms. The fraction of sp³-hybridized carbons (Fsp3) is 0.250. The molecule has 1 aromatic carbocycles. The lowest BCUT2D eigenvalue weighted by Gasteiger charge is -2.04. The van der Waals surface area contributed by atoms with Crippen molar-refractivity contribution in [3.8, 4) is 0 Å². The van der Waals surface area contributed by atoms with Crippen LogP contribution in [0.3, 0.4) is 0 Å². The van der Waals surface area contributed by atoms with Gasteiger partial charge in [0.15, 0.2) is 0 Å². The summed E-state index contributed by atoms with van der Waals surface area (Å²) < 4.78 is 14.4. The average molecular weight is 263 g/mol. The Balaban J connectivity index is 1.93. The minimum atomic E-state index is -0.394. The Hall–Kier alpha value is -2.28. The number of benzene rings is 1. The van der Waals surface area contributed by atoms with E-state index in [2.05, 4.69) is 20.9 Å². The van der Waals surface area contributed by atoms with Crippen molar-refractivity contribution >= 4 is 11.6 Å². The van der Waals surface area contributed by atoms with Crippen LogP contribution < -0.4 is 10.6 Å². The first kappa shape index (κ1) is 13.2. The summed E-state index contributed by atoms with van der Waals surface area (Å²) in [6, 6.07) is 5.73. The van der Waals surface area contributed by atoms with Crippen LogP contribution in [0.2, 0.25) is 0 Å². The first-order valence-corrected chi connectivity index (χ1v) is 5.76. The molecule has 1 heterocycles. The number of hydrogen-bond donors (Lipinski definition) is 2. The van der Waals surface area contributed by atoms with Crippen LogP contribution in [0.1, 0.15) is 5.69 Å². The minimum absolute atomic E-state index is 0.0349. The van der Waals surface area contributed by atoms with Crippen LogP contribution in [-0.4, -0.2) is 27.9 Å². The number of aromatic nitrogens is 3. The van der Waals surface area contributed by atoms with Gasteiger partial charge in [0.1, 0.15) is 12.4 Å². The van der Waals surface area contributed by atoms with E-state index < -0.39 is 5.82 Å². The number of nitrogens with one attached hydrogen (secondary N) is 2. The minimum Gasteiger partial charge on any atom is -0.324 e. The second-order valence-electron chi connectivity index (χ2n) is 4.00. The predicted octanol–water partition coefficient (Wildman–Crippen LogP) is 0.775. The first-order valence-electron chi connectivity index (χ1n) is 5.76. The lowest BCUT2D eigenvalue weighted by Crippen LogP contribution is -2.19. The summed E-state index contributed by atoms with van der Waals surface area (Å²) in [7, 11) is 1.80. The summed E-state index contributed by atoms with van der Waals surface area (Å²) in [6.45, 7) is 0.624. The molecular formula is C12H14FN5O. The van der Waals surface area contributed by atoms with E-state index in [4.69, 9.17) is 0 Å². The monoisotopic (exact) mass is 263 g/mol. The van der Waals surface area contributed by atoms with Crippen molar-refractivity contribution in [2.45, 2.75) is 13.1 Å². The van der Waals surface area contributed by atoms with Crippen LogP contribution in [0.5, 0.6) is 0 Å². The highest BCUT2D eigenvalue weighted by atomic mass is 19.1. The van der Waals surface area contributed by atoms with Crippen molar-refractivity contribution in [2.24, 2.45) is 0 Å². The topological polar surface area (TPSA) is 71.8 Å². The Kier molecular flexibility index (Phi) is 4.19. The number of carbonyl (C=O) groups excluding carboxylic acids is 1. The molecule has 2 N–H and O–H groups in total. The van der Waals surface area contributed by atoms with Crippen molar-refractivity contribution in [3.63, 3.8) is 0 Å². The van der Waals surface area contributed by atoms with Gasteiger partial charge < -0.3 is 10.6 Å². The summed E-state index contributed by atoms with van der Waals surface area (Å²) in [6.07, 6.45) is 1.68. The highest BCUT2D eigenvalue weighted by Crippen LogP contribution is 2.08. The predicted molar refractivity (Wildman–Crippen MR) is 67.8 cm³/mol. The number of hydrogen-bond acceptors (Lipinski definition) is 4. The molecular weight excluding hydrogens is 249 g/mol. The van der Waals surface area contributed by atoms with E-state index in [-0.39, 0.29) is 12.5 Å². The molecule has 0 fully saturated rings. The van der Waals surface area contributed by atoms with Crippen LogP contribution >= 0.6 is 0 Å². The fourth-order valence-electron chi connectivity index (χ4n) is 1.59. The van der Waals surface area contributed by atoms with Gasteiger partial charge in [-0.3, -0.25) is 4.79 Å². The van der Waals surface area contributed by atoms with Crippen molar-refractivity contribution in [2.75, 3.05) is 12.4 Å². The van der Waals surface area contributed by atoms with Gasteiger partial charge in [0.05, 0.1) is 11.9 Å². The molecule has 0 aliphatic heterocycles. The normalized spacial score (nSPS) is 10.4. The van der Waals surface area contributed by atoms with Crippen molar-refractivity contribution < 1.29 is 9.18 Å². The van der Waals surface area contributed by atoms with Crippen molar-refractivity contribution in [3.05, 3.63) is 42.0 Å². The van der Waals surface area contributed by atoms with E-state index in [0.29, 0.717) is 12.2 Å². The van der Waals surface area contributed by atoms with Crippen molar-refractivity contribution in [1.82, 2.24) is 20.3 Å². The molecule has 7 heteroatoms. The Labute approximate surface area is 109 Å². The van der Waals surface area contributed by atoms with Gasteiger partial charge in [-0.15, -0.1) is 5.10 Å². The summed E-state index contributed by atoms with van der Waals surface area (Å²) in [5, 5.41) is 13.2. The van der Waals surface area contributed by atoms with E-state index in [1.54, 1.807) is 19.3 Å². The van der Waals surface area contributed by atoms with Gasteiger partial charge in [-0.1, -0.05) is 11.3 Å². The molecule has 0 atom stereocenters. The van der Waals surface area contributed by atoms with E-state index in [1.165, 1.54) is 22.9 Å². The number of anilines is 1. The molecule has 0 spiro atoms. The van der Waals surface area contributed by atoms with Crippen LogP contribution in [0, 0.1) is 5.82 Å². The number of rotatable bonds is 5. The van der Waals surface area contributed by atoms with Crippen LogP contribution in [0.25, 0.3) is 0 Å². The van der Waals surface area contributed by atoms with Crippen LogP contribution in [0.4, 0.5) is 10.1 Å². The van der Waals surface area contributed by atoms with E-state index in [9.17, 15) is 9.18 Å². The molecule has 100 valence electrons. The van der Waals surface area contributed by atoms with E-state index in [1.807, 2.05) is 0 Å². The number of nitrogens with zero attached hydrogens (tertiary/aromatic N) is 3. The van der Waals surface area contributed by atoms with Crippen LogP contribution in [0.15, 0.2) is 30.5 Å². The maximum atomic E-state index is 12.9. The second kappa shape index (κ2) is 6.05. The number of halogens is 1. The SMILES string of the molecule is CNCc1cn(CC(=O)Nc2cccc(F)c2)nn1. The third kappa shape index (κ3) is 3.85. The molecule has 1 aromatic heterocycles. The molecule has 2 aromatic rings. The van der Waals surface area contributed by atoms with Gasteiger partial charge in [-0.2, -0.15) is 0 Å². The smallest absolute Gasteiger partial charge is 0.246 e. The van der Waals surface area contributed by atoms with E-state index in [0.717, 1.165) is 5.69 Å². The van der Waals surface area contributed by atoms with Gasteiger partial charge in [0, 0.05) is 12.2 Å². The van der Waals surface area contributed by atoms with Gasteiger partial charge in [0.2, 0.25) is 5.91 Å². The summed E-state index contributed by atoms with van der Waals surface area (Å²) in [5.74, 6) is -0.679. The molecule has 0 bridgehead atoms. The average Bonchev–Trinajstić information content (AvgIpc) is 2.77. The Morgan fingerprint density at radius 1 is 1.47 bits per heavy atom. The molecule has 0 unspecified atom stereocenters. The molecule has 0 saturated carbocycles. The standard InChI is InChI=1S/C12H14FN5O/c1-14-6-11-7-18(17-16-11)8-12(19)15-10-4-2-3-9(13)5-10/h2-5,7,14H,6,8H2,1H3,(H,15,19). The zero-order valence-corrected chi connectivity index (χ0v) is 10.4. The molecule has 0 aliphatic rings. The van der Waals surface area contributed by atoms with Crippen molar-refractivity contribution in [1.29, 1.82) is 0 Å². The third-order valence-electron chi connectivity index (χ3n) is 2.36. The molecule has 2 rings (SSSR count). The maximum Gasteiger partial charge on any atom is 0.246 e. The summed E-state index contributed by atoms with van der Waals surface area (Å²) in [4.78, 5) is 11.7. The van der Waals surface area contributed by atoms with Crippen LogP contribution in [-0.2, 0) is 17.9 Å². The number of amides is 1. The van der Waals surface area contributed by atoms with Gasteiger partial charge in [0.25, 0.3) is 0 Å². The molecule has 0 radical (unpaired) electrons. The lowest BCUT2D eigenvalue weighted by atomic mass is 10.3. The first-order chi connectivity index (χ1) is 9.17. The van der Waals surface area contributed by atoms with Gasteiger partial charge in [-0.25, -0.2) is 9.07 Å². The third-order valence-corrected chi connectivity index (χ3v) is 2.36. The Morgan fingerprint density at radius 3 is 3.05 bits per heavy atom. The maximum absolute atomic E-state index is 12.9. The molecule has 0 saturated heterocycles. The largest absolute Gasteiger partial charge is 0.324 e. The van der Waals surface area contributed by atoms with Gasteiger partial charge >= 0.3 is 0 Å². The molecule has 6 nitrogen and oxygen atoms in total. The Bertz CT molecular complexity index is 569. The fourth-order valence-corrected chi connectivity index (χ4v) is 1.59. The zero-order chi connectivity index (χ0) is 13.7.